The first-order valence-corrected chi connectivity index (χ1v) is 8.92. The summed E-state index contributed by atoms with van der Waals surface area (Å²) in [6.07, 6.45) is 0. The van der Waals surface area contributed by atoms with E-state index in [2.05, 4.69) is 26.1 Å². The fourth-order valence-electron chi connectivity index (χ4n) is 1.82. The van der Waals surface area contributed by atoms with Crippen LogP contribution < -0.4 is 10.1 Å². The van der Waals surface area contributed by atoms with Crippen LogP contribution in [0.25, 0.3) is 0 Å². The van der Waals surface area contributed by atoms with Crippen LogP contribution in [0.4, 0.5) is 5.69 Å². The van der Waals surface area contributed by atoms with Gasteiger partial charge in [-0.25, -0.2) is 13.4 Å². The van der Waals surface area contributed by atoms with Gasteiger partial charge in [-0.05, 0) is 42.5 Å². The highest BCUT2D eigenvalue weighted by molar-refractivity contribution is 9.10. The number of amides is 1. The fourth-order valence-corrected chi connectivity index (χ4v) is 3.13. The summed E-state index contributed by atoms with van der Waals surface area (Å²) >= 11 is 3.26. The minimum atomic E-state index is -3.71. The number of benzene rings is 2. The third kappa shape index (κ3) is 4.78. The Labute approximate surface area is 143 Å². The van der Waals surface area contributed by atoms with Crippen molar-refractivity contribution in [3.63, 3.8) is 0 Å². The van der Waals surface area contributed by atoms with Crippen molar-refractivity contribution in [3.8, 4) is 0 Å². The van der Waals surface area contributed by atoms with Crippen LogP contribution in [0.5, 0.6) is 0 Å². The van der Waals surface area contributed by atoms with Crippen molar-refractivity contribution in [1.82, 2.24) is 10.4 Å². The molecule has 0 aliphatic heterocycles. The van der Waals surface area contributed by atoms with Gasteiger partial charge in [-0.2, -0.15) is 0 Å². The number of rotatable bonds is 5. The lowest BCUT2D eigenvalue weighted by molar-refractivity contribution is 0.0857. The van der Waals surface area contributed by atoms with E-state index in [1.165, 1.54) is 23.2 Å². The predicted molar refractivity (Wildman–Crippen MR) is 92.5 cm³/mol. The molecule has 1 amide bonds. The van der Waals surface area contributed by atoms with Crippen LogP contribution in [-0.4, -0.2) is 33.4 Å². The third-order valence-electron chi connectivity index (χ3n) is 2.83. The maximum atomic E-state index is 12.3. The number of nitrogens with one attached hydrogen (secondary N) is 2. The van der Waals surface area contributed by atoms with E-state index >= 15 is 0 Å². The quantitative estimate of drug-likeness (QED) is 0.759. The van der Waals surface area contributed by atoms with Crippen LogP contribution in [0.1, 0.15) is 10.4 Å². The summed E-state index contributed by atoms with van der Waals surface area (Å²) in [6.45, 7) is 0. The van der Waals surface area contributed by atoms with Gasteiger partial charge in [-0.1, -0.05) is 22.0 Å². The molecule has 0 saturated heterocycles. The van der Waals surface area contributed by atoms with Gasteiger partial charge in [0.25, 0.3) is 15.9 Å². The zero-order chi connectivity index (χ0) is 17.0. The molecule has 2 aromatic carbocycles. The van der Waals surface area contributed by atoms with Gasteiger partial charge in [0.2, 0.25) is 0 Å². The zero-order valence-corrected chi connectivity index (χ0v) is 15.0. The van der Waals surface area contributed by atoms with Crippen LogP contribution in [0.2, 0.25) is 0 Å². The van der Waals surface area contributed by atoms with Gasteiger partial charge in [0, 0.05) is 29.8 Å². The van der Waals surface area contributed by atoms with E-state index in [0.717, 1.165) is 4.47 Å². The lowest BCUT2D eigenvalue weighted by Gasteiger charge is -2.13. The van der Waals surface area contributed by atoms with E-state index in [-0.39, 0.29) is 10.8 Å². The zero-order valence-electron chi connectivity index (χ0n) is 12.6. The number of anilines is 1. The average Bonchev–Trinajstić information content (AvgIpc) is 2.46. The van der Waals surface area contributed by atoms with Crippen molar-refractivity contribution in [1.29, 1.82) is 0 Å². The monoisotopic (exact) mass is 397 g/mol. The van der Waals surface area contributed by atoms with E-state index in [9.17, 15) is 13.2 Å². The van der Waals surface area contributed by atoms with E-state index in [0.29, 0.717) is 11.3 Å². The molecular weight excluding hydrogens is 382 g/mol. The topological polar surface area (TPSA) is 78.5 Å². The normalized spacial score (nSPS) is 11.3. The molecule has 8 heteroatoms. The standard InChI is InChI=1S/C15H16BrN3O3S/c1-19(2)17-15(20)11-4-3-5-13(10-11)18-23(21,22)14-8-6-12(16)7-9-14/h3-10,18H,1-2H3,(H,17,20). The summed E-state index contributed by atoms with van der Waals surface area (Å²) in [5.74, 6) is -0.320. The number of carbonyl (C=O) groups excluding carboxylic acids is 1. The van der Waals surface area contributed by atoms with Crippen LogP contribution in [-0.2, 0) is 10.0 Å². The highest BCUT2D eigenvalue weighted by atomic mass is 79.9. The summed E-state index contributed by atoms with van der Waals surface area (Å²) < 4.78 is 27.9. The molecule has 0 aliphatic carbocycles. The van der Waals surface area contributed by atoms with Gasteiger partial charge >= 0.3 is 0 Å². The van der Waals surface area contributed by atoms with Crippen LogP contribution in [0, 0.1) is 0 Å². The Hall–Kier alpha value is -1.90. The lowest BCUT2D eigenvalue weighted by atomic mass is 10.2. The summed E-state index contributed by atoms with van der Waals surface area (Å²) in [5.41, 5.74) is 3.27. The minimum Gasteiger partial charge on any atom is -0.285 e. The van der Waals surface area contributed by atoms with Gasteiger partial charge < -0.3 is 0 Å². The molecule has 0 aliphatic rings. The molecule has 2 rings (SSSR count). The molecule has 0 aromatic heterocycles. The molecule has 0 fully saturated rings. The number of halogens is 1. The summed E-state index contributed by atoms with van der Waals surface area (Å²) in [7, 11) is -0.324. The number of sulfonamides is 1. The molecule has 2 N–H and O–H groups in total. The van der Waals surface area contributed by atoms with Gasteiger partial charge in [0.15, 0.2) is 0 Å². The molecule has 122 valence electrons. The molecule has 0 spiro atoms. The Morgan fingerprint density at radius 2 is 1.74 bits per heavy atom. The molecule has 0 unspecified atom stereocenters. The van der Waals surface area contributed by atoms with Crippen LogP contribution >= 0.6 is 15.9 Å². The molecule has 0 atom stereocenters. The first-order valence-electron chi connectivity index (χ1n) is 6.65. The first kappa shape index (κ1) is 17.5. The maximum absolute atomic E-state index is 12.3. The fraction of sp³-hybridized carbons (Fsp3) is 0.133. The molecule has 6 nitrogen and oxygen atoms in total. The summed E-state index contributed by atoms with van der Waals surface area (Å²) in [4.78, 5) is 12.1. The highest BCUT2D eigenvalue weighted by Gasteiger charge is 2.15. The summed E-state index contributed by atoms with van der Waals surface area (Å²) in [5, 5.41) is 1.51. The van der Waals surface area contributed by atoms with E-state index in [4.69, 9.17) is 0 Å². The number of carbonyl (C=O) groups is 1. The molecule has 23 heavy (non-hydrogen) atoms. The lowest BCUT2D eigenvalue weighted by Crippen LogP contribution is -2.36. The summed E-state index contributed by atoms with van der Waals surface area (Å²) in [6, 6.07) is 12.6. The second-order valence-corrected chi connectivity index (χ2v) is 7.57. The molecule has 0 radical (unpaired) electrons. The minimum absolute atomic E-state index is 0.142. The highest BCUT2D eigenvalue weighted by Crippen LogP contribution is 2.19. The van der Waals surface area contributed by atoms with Gasteiger partial charge in [-0.15, -0.1) is 0 Å². The van der Waals surface area contributed by atoms with E-state index in [1.807, 2.05) is 0 Å². The SMILES string of the molecule is CN(C)NC(=O)c1cccc(NS(=O)(=O)c2ccc(Br)cc2)c1. The Morgan fingerprint density at radius 3 is 2.35 bits per heavy atom. The second-order valence-electron chi connectivity index (χ2n) is 4.98. The van der Waals surface area contributed by atoms with Crippen molar-refractivity contribution in [2.45, 2.75) is 4.90 Å². The Bertz CT molecular complexity index is 805. The average molecular weight is 398 g/mol. The molecule has 0 saturated carbocycles. The smallest absolute Gasteiger partial charge is 0.265 e. The number of hydrogen-bond donors (Lipinski definition) is 2. The van der Waals surface area contributed by atoms with Gasteiger partial charge in [-0.3, -0.25) is 14.9 Å². The van der Waals surface area contributed by atoms with Crippen molar-refractivity contribution in [3.05, 3.63) is 58.6 Å². The van der Waals surface area contributed by atoms with Crippen molar-refractivity contribution >= 4 is 37.5 Å². The predicted octanol–water partition coefficient (Wildman–Crippen LogP) is 2.46. The molecule has 0 heterocycles. The van der Waals surface area contributed by atoms with Crippen LogP contribution in [0.15, 0.2) is 57.9 Å². The molecular formula is C15H16BrN3O3S. The Morgan fingerprint density at radius 1 is 1.09 bits per heavy atom. The van der Waals surface area contributed by atoms with Crippen molar-refractivity contribution < 1.29 is 13.2 Å². The largest absolute Gasteiger partial charge is 0.285 e. The Balaban J connectivity index is 2.23. The van der Waals surface area contributed by atoms with Gasteiger partial charge in [0.05, 0.1) is 4.90 Å². The third-order valence-corrected chi connectivity index (χ3v) is 4.75. The molecule has 2 aromatic rings. The van der Waals surface area contributed by atoms with E-state index < -0.39 is 10.0 Å². The number of nitrogens with zero attached hydrogens (tertiary/aromatic N) is 1. The van der Waals surface area contributed by atoms with Gasteiger partial charge in [0.1, 0.15) is 0 Å². The number of hydrogen-bond acceptors (Lipinski definition) is 4. The maximum Gasteiger partial charge on any atom is 0.265 e. The second kappa shape index (κ2) is 7.12. The Kier molecular flexibility index (Phi) is 5.40. The van der Waals surface area contributed by atoms with E-state index in [1.54, 1.807) is 44.4 Å². The van der Waals surface area contributed by atoms with Crippen molar-refractivity contribution in [2.75, 3.05) is 18.8 Å². The molecule has 0 bridgehead atoms. The van der Waals surface area contributed by atoms with Crippen LogP contribution in [0.3, 0.4) is 0 Å². The number of hydrazine groups is 1. The van der Waals surface area contributed by atoms with Crippen molar-refractivity contribution in [2.24, 2.45) is 0 Å². The first-order chi connectivity index (χ1) is 10.8.